The number of benzene rings is 2. The number of amides is 3. The molecule has 3 amide bonds. The average Bonchev–Trinajstić information content (AvgIpc) is 3.29. The highest BCUT2D eigenvalue weighted by atomic mass is 32.1. The van der Waals surface area contributed by atoms with Gasteiger partial charge >= 0.3 is 0 Å². The third-order valence-electron chi connectivity index (χ3n) is 6.14. The molecule has 38 heavy (non-hydrogen) atoms. The van der Waals surface area contributed by atoms with Crippen molar-refractivity contribution in [3.63, 3.8) is 0 Å². The van der Waals surface area contributed by atoms with E-state index >= 15 is 0 Å². The Morgan fingerprint density at radius 3 is 2.50 bits per heavy atom. The van der Waals surface area contributed by atoms with Gasteiger partial charge in [-0.2, -0.15) is 4.37 Å². The highest BCUT2D eigenvalue weighted by molar-refractivity contribution is 7.09. The first kappa shape index (κ1) is 26.7. The Kier molecular flexibility index (Phi) is 8.32. The highest BCUT2D eigenvalue weighted by Crippen LogP contribution is 2.31. The number of nitrogen functional groups attached to an aromatic ring is 1. The number of primary amides is 1. The Morgan fingerprint density at radius 1 is 1.05 bits per heavy atom. The highest BCUT2D eigenvalue weighted by Gasteiger charge is 2.35. The standard InChI is InChI=1S/C28H30N6O3S/c1-17(2)12-14-32-27(36)24(20-10-11-21-19(15-20)9-6-13-31-21)34(16-18-7-4-3-5-8-18)28(37)25-22(29)23(26(30)35)33-38-25/h3-11,13,15,17,24H,12,14,16,29H2,1-2H3,(H2,30,35)(H,32,36)/t24-/m0/s1. The number of nitrogens with zero attached hydrogens (tertiary/aromatic N) is 3. The summed E-state index contributed by atoms with van der Waals surface area (Å²) >= 11 is 0.791. The molecule has 0 bridgehead atoms. The molecular formula is C28H30N6O3S. The zero-order valence-electron chi connectivity index (χ0n) is 21.3. The maximum absolute atomic E-state index is 14.0. The predicted molar refractivity (Wildman–Crippen MR) is 148 cm³/mol. The van der Waals surface area contributed by atoms with E-state index in [1.54, 1.807) is 12.3 Å². The summed E-state index contributed by atoms with van der Waals surface area (Å²) in [7, 11) is 0. The fourth-order valence-electron chi connectivity index (χ4n) is 4.14. The molecule has 2 aromatic heterocycles. The number of carbonyl (C=O) groups is 3. The zero-order chi connectivity index (χ0) is 27.2. The minimum absolute atomic E-state index is 0.0529. The molecular weight excluding hydrogens is 500 g/mol. The van der Waals surface area contributed by atoms with Crippen LogP contribution in [0.25, 0.3) is 10.9 Å². The van der Waals surface area contributed by atoms with Crippen LogP contribution in [0.5, 0.6) is 0 Å². The summed E-state index contributed by atoms with van der Waals surface area (Å²) in [5.41, 5.74) is 13.5. The average molecular weight is 531 g/mol. The van der Waals surface area contributed by atoms with Gasteiger partial charge in [-0.15, -0.1) is 0 Å². The lowest BCUT2D eigenvalue weighted by Gasteiger charge is -2.31. The van der Waals surface area contributed by atoms with E-state index in [2.05, 4.69) is 28.5 Å². The van der Waals surface area contributed by atoms with Crippen molar-refractivity contribution >= 4 is 45.8 Å². The van der Waals surface area contributed by atoms with E-state index in [1.165, 1.54) is 4.90 Å². The third-order valence-corrected chi connectivity index (χ3v) is 6.99. The summed E-state index contributed by atoms with van der Waals surface area (Å²) in [5, 5.41) is 3.84. The first-order valence-corrected chi connectivity index (χ1v) is 13.1. The lowest BCUT2D eigenvalue weighted by Crippen LogP contribution is -2.43. The van der Waals surface area contributed by atoms with Gasteiger partial charge in [0.2, 0.25) is 5.91 Å². The molecule has 2 aromatic carbocycles. The van der Waals surface area contributed by atoms with Gasteiger partial charge in [0.15, 0.2) is 5.69 Å². The summed E-state index contributed by atoms with van der Waals surface area (Å²) in [6.07, 6.45) is 2.49. The molecule has 0 saturated carbocycles. The molecule has 4 rings (SSSR count). The smallest absolute Gasteiger partial charge is 0.270 e. The van der Waals surface area contributed by atoms with Gasteiger partial charge in [0, 0.05) is 24.7 Å². The van der Waals surface area contributed by atoms with Crippen molar-refractivity contribution < 1.29 is 14.4 Å². The zero-order valence-corrected chi connectivity index (χ0v) is 22.1. The number of anilines is 1. The van der Waals surface area contributed by atoms with Crippen LogP contribution >= 0.6 is 11.5 Å². The third kappa shape index (κ3) is 5.97. The summed E-state index contributed by atoms with van der Waals surface area (Å²) in [6, 6.07) is 17.6. The number of pyridine rings is 1. The van der Waals surface area contributed by atoms with Gasteiger partial charge in [-0.05, 0) is 53.2 Å². The second-order valence-electron chi connectivity index (χ2n) is 9.39. The van der Waals surface area contributed by atoms with Crippen molar-refractivity contribution in [1.29, 1.82) is 0 Å². The SMILES string of the molecule is CC(C)CCNC(=O)[C@H](c1ccc2ncccc2c1)N(Cc1ccccc1)C(=O)c1snc(C(N)=O)c1N. The van der Waals surface area contributed by atoms with E-state index in [0.29, 0.717) is 18.0 Å². The molecule has 4 aromatic rings. The van der Waals surface area contributed by atoms with Crippen LogP contribution in [0.4, 0.5) is 5.69 Å². The molecule has 0 radical (unpaired) electrons. The van der Waals surface area contributed by atoms with Crippen LogP contribution in [0.3, 0.4) is 0 Å². The number of hydrogen-bond donors (Lipinski definition) is 3. The Labute approximate surface area is 225 Å². The van der Waals surface area contributed by atoms with Crippen molar-refractivity contribution in [2.75, 3.05) is 12.3 Å². The van der Waals surface area contributed by atoms with Crippen LogP contribution < -0.4 is 16.8 Å². The van der Waals surface area contributed by atoms with Gasteiger partial charge in [-0.1, -0.05) is 56.3 Å². The molecule has 0 fully saturated rings. The molecule has 10 heteroatoms. The second kappa shape index (κ2) is 11.8. The van der Waals surface area contributed by atoms with E-state index in [0.717, 1.165) is 34.4 Å². The minimum atomic E-state index is -0.988. The molecule has 1 atom stereocenters. The number of fused-ring (bicyclic) bond motifs is 1. The fraction of sp³-hybridized carbons (Fsp3) is 0.250. The van der Waals surface area contributed by atoms with Crippen LogP contribution in [0.15, 0.2) is 66.9 Å². The maximum Gasteiger partial charge on any atom is 0.270 e. The quantitative estimate of drug-likeness (QED) is 0.283. The molecule has 196 valence electrons. The minimum Gasteiger partial charge on any atom is -0.395 e. The van der Waals surface area contributed by atoms with Gasteiger partial charge in [-0.25, -0.2) is 0 Å². The maximum atomic E-state index is 14.0. The molecule has 0 spiro atoms. The normalized spacial score (nSPS) is 11.9. The molecule has 9 nitrogen and oxygen atoms in total. The Hall–Kier alpha value is -4.31. The van der Waals surface area contributed by atoms with Gasteiger partial charge < -0.3 is 21.7 Å². The van der Waals surface area contributed by atoms with Gasteiger partial charge in [0.1, 0.15) is 10.9 Å². The Morgan fingerprint density at radius 2 is 1.82 bits per heavy atom. The number of rotatable bonds is 10. The van der Waals surface area contributed by atoms with Crippen LogP contribution in [0, 0.1) is 5.92 Å². The number of hydrogen-bond acceptors (Lipinski definition) is 7. The summed E-state index contributed by atoms with van der Waals surface area (Å²) < 4.78 is 4.00. The van der Waals surface area contributed by atoms with Crippen LogP contribution in [-0.2, 0) is 11.3 Å². The van der Waals surface area contributed by atoms with Crippen molar-refractivity contribution in [3.8, 4) is 0 Å². The van der Waals surface area contributed by atoms with E-state index in [4.69, 9.17) is 11.5 Å². The fourth-order valence-corrected chi connectivity index (χ4v) is 4.90. The number of carbonyl (C=O) groups excluding carboxylic acids is 3. The van der Waals surface area contributed by atoms with Crippen LogP contribution in [0.1, 0.15) is 57.6 Å². The molecule has 0 aliphatic carbocycles. The lowest BCUT2D eigenvalue weighted by atomic mass is 10.00. The number of nitrogens with one attached hydrogen (secondary N) is 1. The molecule has 0 saturated heterocycles. The Bertz CT molecular complexity index is 1450. The second-order valence-corrected chi connectivity index (χ2v) is 10.2. The molecule has 0 aliphatic heterocycles. The van der Waals surface area contributed by atoms with Gasteiger partial charge in [0.25, 0.3) is 11.8 Å². The lowest BCUT2D eigenvalue weighted by molar-refractivity contribution is -0.126. The monoisotopic (exact) mass is 530 g/mol. The Balaban J connectivity index is 1.82. The van der Waals surface area contributed by atoms with Gasteiger partial charge in [-0.3, -0.25) is 19.4 Å². The van der Waals surface area contributed by atoms with Crippen molar-refractivity contribution in [2.45, 2.75) is 32.9 Å². The van der Waals surface area contributed by atoms with Crippen LogP contribution in [0.2, 0.25) is 0 Å². The first-order valence-electron chi connectivity index (χ1n) is 12.3. The van der Waals surface area contributed by atoms with Crippen molar-refractivity contribution in [2.24, 2.45) is 11.7 Å². The number of nitrogens with two attached hydrogens (primary N) is 2. The van der Waals surface area contributed by atoms with E-state index < -0.39 is 17.9 Å². The van der Waals surface area contributed by atoms with E-state index in [9.17, 15) is 14.4 Å². The predicted octanol–water partition coefficient (Wildman–Crippen LogP) is 3.92. The van der Waals surface area contributed by atoms with Crippen molar-refractivity contribution in [3.05, 3.63) is 88.6 Å². The van der Waals surface area contributed by atoms with Crippen molar-refractivity contribution in [1.82, 2.24) is 19.6 Å². The largest absolute Gasteiger partial charge is 0.395 e. The molecule has 5 N–H and O–H groups in total. The molecule has 0 aliphatic rings. The molecule has 0 unspecified atom stereocenters. The summed E-state index contributed by atoms with van der Waals surface area (Å²) in [5.74, 6) is -1.27. The molecule has 2 heterocycles. The summed E-state index contributed by atoms with van der Waals surface area (Å²) in [6.45, 7) is 4.74. The summed E-state index contributed by atoms with van der Waals surface area (Å²) in [4.78, 5) is 45.5. The topological polar surface area (TPSA) is 144 Å². The number of aromatic nitrogens is 2. The van der Waals surface area contributed by atoms with Gasteiger partial charge in [0.05, 0.1) is 11.2 Å². The first-order chi connectivity index (χ1) is 18.3. The van der Waals surface area contributed by atoms with E-state index in [1.807, 2.05) is 54.6 Å². The van der Waals surface area contributed by atoms with E-state index in [-0.39, 0.29) is 28.7 Å². The van der Waals surface area contributed by atoms with Crippen LogP contribution in [-0.4, -0.2) is 38.5 Å².